The van der Waals surface area contributed by atoms with Crippen molar-refractivity contribution in [2.24, 2.45) is 16.7 Å². The monoisotopic (exact) mass is 428 g/mol. The first-order valence-electron chi connectivity index (χ1n) is 11.3. The SMILES string of the molecule is CCCOc1ccc(C(C2=C(O)CC(C)(C)CC2O)C2C(=O)CC(C)(C)CC2=O)cc1. The zero-order chi connectivity index (χ0) is 23.0. The van der Waals surface area contributed by atoms with Crippen LogP contribution in [0.3, 0.4) is 0 Å². The van der Waals surface area contributed by atoms with Crippen LogP contribution >= 0.6 is 0 Å². The van der Waals surface area contributed by atoms with E-state index in [9.17, 15) is 19.8 Å². The van der Waals surface area contributed by atoms with Gasteiger partial charge in [-0.05, 0) is 41.4 Å². The lowest BCUT2D eigenvalue weighted by Gasteiger charge is -2.41. The molecule has 5 nitrogen and oxygen atoms in total. The number of hydrogen-bond donors (Lipinski definition) is 2. The van der Waals surface area contributed by atoms with Crippen LogP contribution in [0, 0.1) is 16.7 Å². The highest BCUT2D eigenvalue weighted by Gasteiger charge is 2.48. The average Bonchev–Trinajstić information content (AvgIpc) is 2.62. The fraction of sp³-hybridized carbons (Fsp3) is 0.615. The van der Waals surface area contributed by atoms with Gasteiger partial charge < -0.3 is 14.9 Å². The highest BCUT2D eigenvalue weighted by Crippen LogP contribution is 2.48. The second kappa shape index (κ2) is 8.78. The van der Waals surface area contributed by atoms with Gasteiger partial charge in [-0.15, -0.1) is 0 Å². The Morgan fingerprint density at radius 1 is 1.00 bits per heavy atom. The van der Waals surface area contributed by atoms with Crippen LogP contribution in [-0.4, -0.2) is 34.5 Å². The van der Waals surface area contributed by atoms with E-state index in [0.717, 1.165) is 17.7 Å². The van der Waals surface area contributed by atoms with E-state index >= 15 is 0 Å². The molecular weight excluding hydrogens is 392 g/mol. The van der Waals surface area contributed by atoms with E-state index in [-0.39, 0.29) is 28.2 Å². The molecular formula is C26H36O5. The summed E-state index contributed by atoms with van der Waals surface area (Å²) >= 11 is 0. The Bertz CT molecular complexity index is 842. The van der Waals surface area contributed by atoms with E-state index < -0.39 is 17.9 Å². The predicted octanol–water partition coefficient (Wildman–Crippen LogP) is 5.13. The molecule has 1 fully saturated rings. The van der Waals surface area contributed by atoms with E-state index in [4.69, 9.17) is 4.74 Å². The molecule has 0 aromatic heterocycles. The number of benzene rings is 1. The molecule has 0 aliphatic heterocycles. The second-order valence-electron chi connectivity index (χ2n) is 10.8. The van der Waals surface area contributed by atoms with E-state index in [1.165, 1.54) is 0 Å². The third kappa shape index (κ3) is 5.20. The van der Waals surface area contributed by atoms with Crippen LogP contribution in [0.15, 0.2) is 35.6 Å². The summed E-state index contributed by atoms with van der Waals surface area (Å²) in [5.74, 6) is -0.962. The van der Waals surface area contributed by atoms with Crippen molar-refractivity contribution in [3.63, 3.8) is 0 Å². The highest BCUT2D eigenvalue weighted by molar-refractivity contribution is 6.06. The lowest BCUT2D eigenvalue weighted by atomic mass is 9.62. The zero-order valence-electron chi connectivity index (χ0n) is 19.4. The van der Waals surface area contributed by atoms with Gasteiger partial charge in [0.25, 0.3) is 0 Å². The van der Waals surface area contributed by atoms with Crippen LogP contribution in [0.1, 0.15) is 78.2 Å². The van der Waals surface area contributed by atoms with Gasteiger partial charge in [-0.25, -0.2) is 0 Å². The molecule has 2 N–H and O–H groups in total. The maximum absolute atomic E-state index is 13.2. The fourth-order valence-corrected chi connectivity index (χ4v) is 5.16. The van der Waals surface area contributed by atoms with Crippen molar-refractivity contribution >= 4 is 11.6 Å². The molecule has 1 saturated carbocycles. The van der Waals surface area contributed by atoms with Gasteiger partial charge in [-0.1, -0.05) is 46.8 Å². The molecule has 5 heteroatoms. The van der Waals surface area contributed by atoms with E-state index in [1.807, 2.05) is 58.9 Å². The summed E-state index contributed by atoms with van der Waals surface area (Å²) in [6.45, 7) is 10.5. The van der Waals surface area contributed by atoms with Crippen LogP contribution in [-0.2, 0) is 9.59 Å². The number of allylic oxidation sites excluding steroid dienone is 1. The van der Waals surface area contributed by atoms with Crippen molar-refractivity contribution in [3.05, 3.63) is 41.2 Å². The summed E-state index contributed by atoms with van der Waals surface area (Å²) in [5, 5.41) is 22.0. The lowest BCUT2D eigenvalue weighted by Crippen LogP contribution is -2.43. The molecule has 170 valence electrons. The molecule has 0 bridgehead atoms. The number of hydrogen-bond acceptors (Lipinski definition) is 5. The smallest absolute Gasteiger partial charge is 0.144 e. The van der Waals surface area contributed by atoms with Gasteiger partial charge >= 0.3 is 0 Å². The maximum atomic E-state index is 13.2. The Labute approximate surface area is 185 Å². The molecule has 0 heterocycles. The summed E-state index contributed by atoms with van der Waals surface area (Å²) in [5.41, 5.74) is 0.553. The van der Waals surface area contributed by atoms with Crippen LogP contribution < -0.4 is 4.74 Å². The molecule has 2 aliphatic carbocycles. The molecule has 1 aromatic carbocycles. The topological polar surface area (TPSA) is 83.8 Å². The van der Waals surface area contributed by atoms with Gasteiger partial charge in [0.15, 0.2) is 0 Å². The Morgan fingerprint density at radius 2 is 1.58 bits per heavy atom. The first-order valence-corrected chi connectivity index (χ1v) is 11.3. The summed E-state index contributed by atoms with van der Waals surface area (Å²) in [4.78, 5) is 26.4. The number of Topliss-reactive ketones (excluding diaryl/α,β-unsaturated/α-hetero) is 2. The normalized spacial score (nSPS) is 24.9. The molecule has 0 saturated heterocycles. The minimum Gasteiger partial charge on any atom is -0.512 e. The Kier molecular flexibility index (Phi) is 6.66. The number of ether oxygens (including phenoxy) is 1. The van der Waals surface area contributed by atoms with Crippen molar-refractivity contribution in [1.82, 2.24) is 0 Å². The highest BCUT2D eigenvalue weighted by atomic mass is 16.5. The van der Waals surface area contributed by atoms with Crippen molar-refractivity contribution in [2.75, 3.05) is 6.61 Å². The standard InChI is InChI=1S/C26H36O5/c1-6-11-31-17-9-7-16(8-10-17)22(23-18(27)12-25(2,3)13-19(23)28)24-20(29)14-26(4,5)15-21(24)30/h7-10,18,22,24,27-28H,6,11-15H2,1-5H3. The molecule has 1 aromatic rings. The average molecular weight is 429 g/mol. The Balaban J connectivity index is 2.07. The predicted molar refractivity (Wildman–Crippen MR) is 120 cm³/mol. The minimum absolute atomic E-state index is 0.102. The number of aliphatic hydroxyl groups excluding tert-OH is 2. The largest absolute Gasteiger partial charge is 0.512 e. The van der Waals surface area contributed by atoms with Gasteiger partial charge in [-0.2, -0.15) is 0 Å². The molecule has 2 atom stereocenters. The van der Waals surface area contributed by atoms with Crippen LogP contribution in [0.4, 0.5) is 0 Å². The zero-order valence-corrected chi connectivity index (χ0v) is 19.4. The quantitative estimate of drug-likeness (QED) is 0.614. The van der Waals surface area contributed by atoms with Gasteiger partial charge in [0, 0.05) is 30.8 Å². The van der Waals surface area contributed by atoms with E-state index in [1.54, 1.807) is 0 Å². The van der Waals surface area contributed by atoms with Crippen molar-refractivity contribution in [2.45, 2.75) is 78.7 Å². The minimum atomic E-state index is -0.902. The number of ketones is 2. The molecule has 0 amide bonds. The first kappa shape index (κ1) is 23.5. The molecule has 31 heavy (non-hydrogen) atoms. The molecule has 2 unspecified atom stereocenters. The van der Waals surface area contributed by atoms with E-state index in [0.29, 0.717) is 37.9 Å². The summed E-state index contributed by atoms with van der Waals surface area (Å²) in [7, 11) is 0. The number of carbonyl (C=O) groups excluding carboxylic acids is 2. The summed E-state index contributed by atoms with van der Waals surface area (Å²) in [6, 6.07) is 7.36. The maximum Gasteiger partial charge on any atom is 0.144 e. The van der Waals surface area contributed by atoms with Crippen molar-refractivity contribution in [1.29, 1.82) is 0 Å². The Morgan fingerprint density at radius 3 is 2.10 bits per heavy atom. The third-order valence-electron chi connectivity index (χ3n) is 6.46. The third-order valence-corrected chi connectivity index (χ3v) is 6.46. The first-order chi connectivity index (χ1) is 14.4. The van der Waals surface area contributed by atoms with Crippen LogP contribution in [0.5, 0.6) is 5.75 Å². The summed E-state index contributed by atoms with van der Waals surface area (Å²) < 4.78 is 5.68. The van der Waals surface area contributed by atoms with Crippen molar-refractivity contribution in [3.8, 4) is 5.75 Å². The van der Waals surface area contributed by atoms with Crippen molar-refractivity contribution < 1.29 is 24.5 Å². The molecule has 2 aliphatic rings. The van der Waals surface area contributed by atoms with E-state index in [2.05, 4.69) is 0 Å². The van der Waals surface area contributed by atoms with Gasteiger partial charge in [0.2, 0.25) is 0 Å². The Hall–Kier alpha value is -2.14. The fourth-order valence-electron chi connectivity index (χ4n) is 5.16. The van der Waals surface area contributed by atoms with Gasteiger partial charge in [0.1, 0.15) is 17.3 Å². The van der Waals surface area contributed by atoms with Crippen LogP contribution in [0.2, 0.25) is 0 Å². The molecule has 3 rings (SSSR count). The number of carbonyl (C=O) groups is 2. The molecule has 0 spiro atoms. The number of aliphatic hydroxyl groups is 2. The molecule has 0 radical (unpaired) electrons. The lowest BCUT2D eigenvalue weighted by molar-refractivity contribution is -0.140. The second-order valence-corrected chi connectivity index (χ2v) is 10.8. The van der Waals surface area contributed by atoms with Gasteiger partial charge in [0.05, 0.1) is 24.4 Å². The van der Waals surface area contributed by atoms with Crippen LogP contribution in [0.25, 0.3) is 0 Å². The number of rotatable bonds is 6. The summed E-state index contributed by atoms with van der Waals surface area (Å²) in [6.07, 6.45) is 1.50. The van der Waals surface area contributed by atoms with Gasteiger partial charge in [-0.3, -0.25) is 9.59 Å².